The van der Waals surface area contributed by atoms with Crippen LogP contribution in [0.3, 0.4) is 0 Å². The van der Waals surface area contributed by atoms with Gasteiger partial charge in [-0.1, -0.05) is 35.8 Å². The number of hydrogen-bond acceptors (Lipinski definition) is 2. The molecule has 0 heterocycles. The smallest absolute Gasteiger partial charge is 0.258 e. The number of nitrogens with zero attached hydrogens (tertiary/aromatic N) is 1. The van der Waals surface area contributed by atoms with E-state index in [1.165, 1.54) is 6.07 Å². The SMILES string of the molecule is CC.Cc1ccc(Br)cc1[N+](=O)[O-]. The predicted octanol–water partition coefficient (Wildman–Crippen LogP) is 3.69. The number of rotatable bonds is 1. The molecule has 1 aromatic carbocycles. The van der Waals surface area contributed by atoms with E-state index in [4.69, 9.17) is 0 Å². The van der Waals surface area contributed by atoms with Gasteiger partial charge in [0.25, 0.3) is 5.69 Å². The Morgan fingerprint density at radius 2 is 1.92 bits per heavy atom. The fraction of sp³-hybridized carbons (Fsp3) is 0.333. The molecule has 13 heavy (non-hydrogen) atoms. The largest absolute Gasteiger partial charge is 0.273 e. The lowest BCUT2D eigenvalue weighted by Gasteiger charge is -1.95. The Bertz CT molecular complexity index is 300. The number of aryl methyl sites for hydroxylation is 1. The van der Waals surface area contributed by atoms with Crippen molar-refractivity contribution in [1.82, 2.24) is 0 Å². The summed E-state index contributed by atoms with van der Waals surface area (Å²) in [5.74, 6) is 0. The highest BCUT2D eigenvalue weighted by atomic mass is 79.9. The second-order valence-electron chi connectivity index (χ2n) is 2.19. The normalized spacial score (nSPS) is 8.62. The summed E-state index contributed by atoms with van der Waals surface area (Å²) >= 11 is 3.16. The van der Waals surface area contributed by atoms with E-state index in [9.17, 15) is 10.1 Å². The lowest BCUT2D eigenvalue weighted by atomic mass is 10.2. The van der Waals surface area contributed by atoms with Crippen LogP contribution in [-0.2, 0) is 0 Å². The van der Waals surface area contributed by atoms with Gasteiger partial charge in [0.15, 0.2) is 0 Å². The molecular weight excluding hydrogens is 234 g/mol. The van der Waals surface area contributed by atoms with Crippen LogP contribution in [0.4, 0.5) is 5.69 Å². The molecule has 0 bridgehead atoms. The monoisotopic (exact) mass is 245 g/mol. The van der Waals surface area contributed by atoms with E-state index in [0.717, 1.165) is 4.47 Å². The van der Waals surface area contributed by atoms with Crippen molar-refractivity contribution in [3.05, 3.63) is 38.3 Å². The van der Waals surface area contributed by atoms with Gasteiger partial charge in [0.1, 0.15) is 0 Å². The number of nitro benzene ring substituents is 1. The Kier molecular flexibility index (Phi) is 5.30. The van der Waals surface area contributed by atoms with Crippen molar-refractivity contribution in [3.8, 4) is 0 Å². The fourth-order valence-electron chi connectivity index (χ4n) is 0.779. The fourth-order valence-corrected chi connectivity index (χ4v) is 1.13. The van der Waals surface area contributed by atoms with Gasteiger partial charge in [0.2, 0.25) is 0 Å². The van der Waals surface area contributed by atoms with Crippen LogP contribution < -0.4 is 0 Å². The first-order valence-electron chi connectivity index (χ1n) is 4.02. The molecule has 0 aliphatic rings. The molecule has 0 radical (unpaired) electrons. The Morgan fingerprint density at radius 1 is 1.38 bits per heavy atom. The van der Waals surface area contributed by atoms with E-state index in [1.807, 2.05) is 13.8 Å². The summed E-state index contributed by atoms with van der Waals surface area (Å²) in [5, 5.41) is 10.4. The third kappa shape index (κ3) is 3.55. The summed E-state index contributed by atoms with van der Waals surface area (Å²) in [6, 6.07) is 4.99. The molecule has 0 aliphatic heterocycles. The molecule has 0 aliphatic carbocycles. The average molecular weight is 246 g/mol. The Balaban J connectivity index is 0.000000671. The first-order valence-corrected chi connectivity index (χ1v) is 4.81. The Labute approximate surface area is 86.1 Å². The maximum atomic E-state index is 10.4. The van der Waals surface area contributed by atoms with E-state index in [2.05, 4.69) is 15.9 Å². The second-order valence-corrected chi connectivity index (χ2v) is 3.10. The van der Waals surface area contributed by atoms with Gasteiger partial charge in [0.05, 0.1) is 4.92 Å². The first-order chi connectivity index (χ1) is 6.11. The lowest BCUT2D eigenvalue weighted by molar-refractivity contribution is -0.385. The van der Waals surface area contributed by atoms with E-state index in [1.54, 1.807) is 19.1 Å². The standard InChI is InChI=1S/C7H6BrNO2.C2H6/c1-5-2-3-6(8)4-7(5)9(10)11;1-2/h2-4H,1H3;1-2H3. The van der Waals surface area contributed by atoms with Crippen molar-refractivity contribution in [2.45, 2.75) is 20.8 Å². The molecule has 3 nitrogen and oxygen atoms in total. The average Bonchev–Trinajstić information content (AvgIpc) is 2.12. The zero-order valence-corrected chi connectivity index (χ0v) is 9.46. The van der Waals surface area contributed by atoms with Crippen LogP contribution in [0.25, 0.3) is 0 Å². The third-order valence-electron chi connectivity index (χ3n) is 1.37. The molecule has 72 valence electrons. The summed E-state index contributed by atoms with van der Waals surface area (Å²) in [7, 11) is 0. The maximum Gasteiger partial charge on any atom is 0.273 e. The Hall–Kier alpha value is -0.900. The van der Waals surface area contributed by atoms with Crippen LogP contribution in [-0.4, -0.2) is 4.92 Å². The molecule has 0 saturated heterocycles. The maximum absolute atomic E-state index is 10.4. The van der Waals surface area contributed by atoms with Crippen molar-refractivity contribution in [1.29, 1.82) is 0 Å². The summed E-state index contributed by atoms with van der Waals surface area (Å²) in [4.78, 5) is 9.97. The summed E-state index contributed by atoms with van der Waals surface area (Å²) in [5.41, 5.74) is 0.831. The number of hydrogen-bond donors (Lipinski definition) is 0. The first kappa shape index (κ1) is 12.1. The van der Waals surface area contributed by atoms with Crippen molar-refractivity contribution >= 4 is 21.6 Å². The van der Waals surface area contributed by atoms with E-state index >= 15 is 0 Å². The number of nitro groups is 1. The van der Waals surface area contributed by atoms with Crippen molar-refractivity contribution < 1.29 is 4.92 Å². The van der Waals surface area contributed by atoms with Gasteiger partial charge in [0, 0.05) is 16.1 Å². The molecule has 4 heteroatoms. The molecule has 0 fully saturated rings. The zero-order chi connectivity index (χ0) is 10.4. The van der Waals surface area contributed by atoms with Crippen molar-refractivity contribution in [2.75, 3.05) is 0 Å². The quantitative estimate of drug-likeness (QED) is 0.560. The van der Waals surface area contributed by atoms with Crippen LogP contribution in [0.1, 0.15) is 19.4 Å². The Morgan fingerprint density at radius 3 is 2.31 bits per heavy atom. The van der Waals surface area contributed by atoms with Crippen LogP contribution >= 0.6 is 15.9 Å². The summed E-state index contributed by atoms with van der Waals surface area (Å²) in [6.45, 7) is 5.71. The predicted molar refractivity (Wildman–Crippen MR) is 56.9 cm³/mol. The van der Waals surface area contributed by atoms with Crippen molar-refractivity contribution in [2.24, 2.45) is 0 Å². The topological polar surface area (TPSA) is 43.1 Å². The van der Waals surface area contributed by atoms with E-state index < -0.39 is 0 Å². The third-order valence-corrected chi connectivity index (χ3v) is 1.86. The van der Waals surface area contributed by atoms with Crippen LogP contribution in [0.15, 0.2) is 22.7 Å². The van der Waals surface area contributed by atoms with Gasteiger partial charge in [-0.2, -0.15) is 0 Å². The molecule has 0 saturated carbocycles. The van der Waals surface area contributed by atoms with Gasteiger partial charge in [-0.15, -0.1) is 0 Å². The minimum Gasteiger partial charge on any atom is -0.258 e. The molecule has 1 aromatic rings. The molecule has 0 unspecified atom stereocenters. The molecule has 0 spiro atoms. The highest BCUT2D eigenvalue weighted by Crippen LogP contribution is 2.22. The van der Waals surface area contributed by atoms with Gasteiger partial charge in [-0.05, 0) is 13.0 Å². The van der Waals surface area contributed by atoms with E-state index in [0.29, 0.717) is 5.56 Å². The molecule has 0 N–H and O–H groups in total. The van der Waals surface area contributed by atoms with Crippen molar-refractivity contribution in [3.63, 3.8) is 0 Å². The van der Waals surface area contributed by atoms with Crippen LogP contribution in [0.5, 0.6) is 0 Å². The molecule has 0 atom stereocenters. The minimum atomic E-state index is -0.389. The lowest BCUT2D eigenvalue weighted by Crippen LogP contribution is -1.90. The molecule has 1 rings (SSSR count). The van der Waals surface area contributed by atoms with Gasteiger partial charge < -0.3 is 0 Å². The summed E-state index contributed by atoms with van der Waals surface area (Å²) in [6.07, 6.45) is 0. The van der Waals surface area contributed by atoms with Crippen LogP contribution in [0.2, 0.25) is 0 Å². The van der Waals surface area contributed by atoms with E-state index in [-0.39, 0.29) is 10.6 Å². The van der Waals surface area contributed by atoms with Gasteiger partial charge in [-0.25, -0.2) is 0 Å². The highest BCUT2D eigenvalue weighted by Gasteiger charge is 2.08. The highest BCUT2D eigenvalue weighted by molar-refractivity contribution is 9.10. The molecule has 0 aromatic heterocycles. The molecule has 0 amide bonds. The zero-order valence-electron chi connectivity index (χ0n) is 7.87. The summed E-state index contributed by atoms with van der Waals surface area (Å²) < 4.78 is 0.731. The van der Waals surface area contributed by atoms with Crippen LogP contribution in [0, 0.1) is 17.0 Å². The number of benzene rings is 1. The molecular formula is C9H12BrNO2. The second kappa shape index (κ2) is 5.70. The number of halogens is 1. The van der Waals surface area contributed by atoms with Gasteiger partial charge >= 0.3 is 0 Å². The van der Waals surface area contributed by atoms with Gasteiger partial charge in [-0.3, -0.25) is 10.1 Å². The minimum absolute atomic E-state index is 0.152.